The van der Waals surface area contributed by atoms with E-state index in [0.717, 1.165) is 35.7 Å². The van der Waals surface area contributed by atoms with Gasteiger partial charge in [-0.05, 0) is 46.7 Å². The molecule has 1 N–H and O–H groups in total. The van der Waals surface area contributed by atoms with Gasteiger partial charge in [0.1, 0.15) is 0 Å². The first kappa shape index (κ1) is 14.6. The Bertz CT molecular complexity index is 577. The van der Waals surface area contributed by atoms with Crippen LogP contribution in [0.4, 0.5) is 0 Å². The summed E-state index contributed by atoms with van der Waals surface area (Å²) < 4.78 is 5.22. The van der Waals surface area contributed by atoms with Gasteiger partial charge < -0.3 is 9.84 Å². The van der Waals surface area contributed by atoms with Gasteiger partial charge in [0, 0.05) is 5.92 Å². The van der Waals surface area contributed by atoms with Gasteiger partial charge in [-0.1, -0.05) is 5.16 Å². The second kappa shape index (κ2) is 7.09. The minimum atomic E-state index is -0.0257. The standard InChI is InChI=1S/C14H17N3O2S2/c18-12(7-10-1-4-21-9-10)15-8-13-16-14(17-19-13)11-2-5-20-6-3-11/h1,4,9,11H,2-3,5-8H2,(H,15,18). The lowest BCUT2D eigenvalue weighted by molar-refractivity contribution is -0.120. The summed E-state index contributed by atoms with van der Waals surface area (Å²) in [5, 5.41) is 10.8. The normalized spacial score (nSPS) is 16.0. The highest BCUT2D eigenvalue weighted by atomic mass is 32.2. The number of amides is 1. The molecule has 7 heteroatoms. The maximum atomic E-state index is 11.8. The van der Waals surface area contributed by atoms with E-state index in [4.69, 9.17) is 4.52 Å². The van der Waals surface area contributed by atoms with Gasteiger partial charge in [-0.15, -0.1) is 0 Å². The van der Waals surface area contributed by atoms with Crippen molar-refractivity contribution in [2.24, 2.45) is 0 Å². The Morgan fingerprint density at radius 1 is 1.43 bits per heavy atom. The van der Waals surface area contributed by atoms with Crippen molar-refractivity contribution in [3.63, 3.8) is 0 Å². The van der Waals surface area contributed by atoms with E-state index in [9.17, 15) is 4.79 Å². The second-order valence-electron chi connectivity index (χ2n) is 5.02. The van der Waals surface area contributed by atoms with Gasteiger partial charge in [0.2, 0.25) is 11.8 Å². The monoisotopic (exact) mass is 323 g/mol. The van der Waals surface area contributed by atoms with Crippen LogP contribution >= 0.6 is 23.1 Å². The Labute approximate surface area is 131 Å². The van der Waals surface area contributed by atoms with Crippen LogP contribution in [0.15, 0.2) is 21.3 Å². The number of nitrogens with one attached hydrogen (secondary N) is 1. The molecule has 5 nitrogen and oxygen atoms in total. The number of carbonyl (C=O) groups excluding carboxylic acids is 1. The average molecular weight is 323 g/mol. The van der Waals surface area contributed by atoms with E-state index in [1.165, 1.54) is 0 Å². The number of thioether (sulfide) groups is 1. The van der Waals surface area contributed by atoms with Crippen LogP contribution in [0, 0.1) is 0 Å². The van der Waals surface area contributed by atoms with Crippen molar-refractivity contribution in [3.05, 3.63) is 34.1 Å². The third-order valence-electron chi connectivity index (χ3n) is 3.45. The van der Waals surface area contributed by atoms with E-state index in [-0.39, 0.29) is 5.91 Å². The lowest BCUT2D eigenvalue weighted by Gasteiger charge is -2.17. The molecule has 0 spiro atoms. The molecule has 1 amide bonds. The molecule has 3 rings (SSSR count). The van der Waals surface area contributed by atoms with Crippen LogP contribution in [-0.2, 0) is 17.8 Å². The van der Waals surface area contributed by atoms with Crippen LogP contribution in [0.2, 0.25) is 0 Å². The van der Waals surface area contributed by atoms with Crippen molar-refractivity contribution in [1.29, 1.82) is 0 Å². The van der Waals surface area contributed by atoms with Gasteiger partial charge >= 0.3 is 0 Å². The van der Waals surface area contributed by atoms with Crippen molar-refractivity contribution in [2.45, 2.75) is 31.7 Å². The molecule has 0 aromatic carbocycles. The minimum Gasteiger partial charge on any atom is -0.347 e. The maximum Gasteiger partial charge on any atom is 0.246 e. The second-order valence-corrected chi connectivity index (χ2v) is 7.02. The summed E-state index contributed by atoms with van der Waals surface area (Å²) in [6.07, 6.45) is 2.60. The summed E-state index contributed by atoms with van der Waals surface area (Å²) in [5.41, 5.74) is 1.03. The van der Waals surface area contributed by atoms with Gasteiger partial charge in [0.25, 0.3) is 0 Å². The number of hydrogen-bond donors (Lipinski definition) is 1. The van der Waals surface area contributed by atoms with Crippen LogP contribution in [0.1, 0.15) is 36.0 Å². The fourth-order valence-corrected chi connectivity index (χ4v) is 4.05. The molecule has 1 fully saturated rings. The third kappa shape index (κ3) is 4.07. The zero-order chi connectivity index (χ0) is 14.5. The molecule has 0 atom stereocenters. The van der Waals surface area contributed by atoms with Crippen molar-refractivity contribution in [1.82, 2.24) is 15.5 Å². The highest BCUT2D eigenvalue weighted by molar-refractivity contribution is 7.99. The first-order valence-corrected chi connectivity index (χ1v) is 9.09. The van der Waals surface area contributed by atoms with E-state index in [1.807, 2.05) is 28.6 Å². The largest absolute Gasteiger partial charge is 0.347 e. The molecule has 0 bridgehead atoms. The van der Waals surface area contributed by atoms with Gasteiger partial charge in [-0.3, -0.25) is 4.79 Å². The molecule has 1 aliphatic rings. The molecule has 0 aliphatic carbocycles. The van der Waals surface area contributed by atoms with Crippen molar-refractivity contribution >= 4 is 29.0 Å². The molecule has 0 radical (unpaired) electrons. The zero-order valence-electron chi connectivity index (χ0n) is 11.6. The molecule has 2 aromatic rings. The molecule has 2 aromatic heterocycles. The van der Waals surface area contributed by atoms with Gasteiger partial charge in [-0.25, -0.2) is 0 Å². The lowest BCUT2D eigenvalue weighted by Crippen LogP contribution is -2.24. The molecular weight excluding hydrogens is 306 g/mol. The fraction of sp³-hybridized carbons (Fsp3) is 0.500. The molecular formula is C14H17N3O2S2. The third-order valence-corrected chi connectivity index (χ3v) is 5.23. The number of carbonyl (C=O) groups is 1. The Morgan fingerprint density at radius 3 is 3.05 bits per heavy atom. The van der Waals surface area contributed by atoms with Crippen molar-refractivity contribution < 1.29 is 9.32 Å². The van der Waals surface area contributed by atoms with Crippen LogP contribution < -0.4 is 5.32 Å². The molecule has 0 unspecified atom stereocenters. The maximum absolute atomic E-state index is 11.8. The minimum absolute atomic E-state index is 0.0257. The van der Waals surface area contributed by atoms with Gasteiger partial charge in [-0.2, -0.15) is 28.1 Å². The molecule has 1 saturated heterocycles. The molecule has 3 heterocycles. The predicted molar refractivity (Wildman–Crippen MR) is 83.5 cm³/mol. The molecule has 21 heavy (non-hydrogen) atoms. The van der Waals surface area contributed by atoms with E-state index in [2.05, 4.69) is 15.5 Å². The van der Waals surface area contributed by atoms with E-state index >= 15 is 0 Å². The predicted octanol–water partition coefficient (Wildman–Crippen LogP) is 2.60. The Kier molecular flexibility index (Phi) is 4.92. The number of rotatable bonds is 5. The SMILES string of the molecule is O=C(Cc1ccsc1)NCc1nc(C2CCSCC2)no1. The Balaban J connectivity index is 1.49. The van der Waals surface area contributed by atoms with Crippen LogP contribution in [0.25, 0.3) is 0 Å². The van der Waals surface area contributed by atoms with Crippen molar-refractivity contribution in [3.8, 4) is 0 Å². The van der Waals surface area contributed by atoms with E-state index < -0.39 is 0 Å². The zero-order valence-corrected chi connectivity index (χ0v) is 13.2. The fourth-order valence-electron chi connectivity index (χ4n) is 2.28. The highest BCUT2D eigenvalue weighted by Crippen LogP contribution is 2.29. The average Bonchev–Trinajstić information content (AvgIpc) is 3.17. The summed E-state index contributed by atoms with van der Waals surface area (Å²) in [5.74, 6) is 3.98. The van der Waals surface area contributed by atoms with Crippen LogP contribution in [-0.4, -0.2) is 27.6 Å². The number of hydrogen-bond acceptors (Lipinski definition) is 6. The van der Waals surface area contributed by atoms with Gasteiger partial charge in [0.05, 0.1) is 13.0 Å². The van der Waals surface area contributed by atoms with Gasteiger partial charge in [0.15, 0.2) is 5.82 Å². The number of nitrogens with zero attached hydrogens (tertiary/aromatic N) is 2. The Hall–Kier alpha value is -1.34. The Morgan fingerprint density at radius 2 is 2.29 bits per heavy atom. The first-order chi connectivity index (χ1) is 10.3. The lowest BCUT2D eigenvalue weighted by atomic mass is 10.0. The molecule has 0 saturated carbocycles. The number of thiophene rings is 1. The molecule has 112 valence electrons. The van der Waals surface area contributed by atoms with E-state index in [1.54, 1.807) is 11.3 Å². The summed E-state index contributed by atoms with van der Waals surface area (Å²) in [6, 6.07) is 1.95. The summed E-state index contributed by atoms with van der Waals surface area (Å²) in [6.45, 7) is 0.303. The smallest absolute Gasteiger partial charge is 0.246 e. The van der Waals surface area contributed by atoms with Crippen molar-refractivity contribution in [2.75, 3.05) is 11.5 Å². The van der Waals surface area contributed by atoms with E-state index in [0.29, 0.717) is 24.8 Å². The highest BCUT2D eigenvalue weighted by Gasteiger charge is 2.21. The first-order valence-electron chi connectivity index (χ1n) is 6.99. The summed E-state index contributed by atoms with van der Waals surface area (Å²) in [4.78, 5) is 16.2. The number of aromatic nitrogens is 2. The summed E-state index contributed by atoms with van der Waals surface area (Å²) >= 11 is 3.57. The quantitative estimate of drug-likeness (QED) is 0.916. The summed E-state index contributed by atoms with van der Waals surface area (Å²) in [7, 11) is 0. The topological polar surface area (TPSA) is 68.0 Å². The van der Waals surface area contributed by atoms with Crippen LogP contribution in [0.3, 0.4) is 0 Å². The van der Waals surface area contributed by atoms with Crippen LogP contribution in [0.5, 0.6) is 0 Å². The molecule has 1 aliphatic heterocycles.